The van der Waals surface area contributed by atoms with Gasteiger partial charge in [0.2, 0.25) is 17.7 Å². The Morgan fingerprint density at radius 3 is 2.00 bits per heavy atom. The van der Waals surface area contributed by atoms with Gasteiger partial charge in [-0.2, -0.15) is 12.6 Å². The highest BCUT2D eigenvalue weighted by atomic mass is 32.1. The highest BCUT2D eigenvalue weighted by molar-refractivity contribution is 7.80. The molecule has 9 N–H and O–H groups in total. The van der Waals surface area contributed by atoms with Crippen LogP contribution in [0, 0.1) is 0 Å². The molecule has 13 nitrogen and oxygen atoms in total. The molecule has 5 unspecified atom stereocenters. The van der Waals surface area contributed by atoms with Crippen LogP contribution in [0.25, 0.3) is 0 Å². The number of aliphatic carboxylic acids is 2. The quantitative estimate of drug-likeness (QED) is 0.124. The van der Waals surface area contributed by atoms with Crippen molar-refractivity contribution in [2.24, 2.45) is 5.73 Å². The van der Waals surface area contributed by atoms with Gasteiger partial charge in [0, 0.05) is 18.6 Å². The number of aromatic hydroxyl groups is 1. The number of carboxylic acid groups (broad SMARTS) is 2. The first kappa shape index (κ1) is 29.7. The van der Waals surface area contributed by atoms with Gasteiger partial charge in [0.1, 0.15) is 23.9 Å². The van der Waals surface area contributed by atoms with Crippen LogP contribution in [-0.4, -0.2) is 86.1 Å². The molecule has 0 aromatic heterocycles. The van der Waals surface area contributed by atoms with Crippen molar-refractivity contribution in [2.75, 3.05) is 5.75 Å². The number of phenols is 1. The van der Waals surface area contributed by atoms with Crippen LogP contribution in [0.15, 0.2) is 24.3 Å². The fourth-order valence-corrected chi connectivity index (χ4v) is 3.05. The summed E-state index contributed by atoms with van der Waals surface area (Å²) in [6.45, 7) is 1.23. The van der Waals surface area contributed by atoms with Crippen molar-refractivity contribution in [3.05, 3.63) is 29.8 Å². The van der Waals surface area contributed by atoms with Crippen LogP contribution in [0.5, 0.6) is 5.75 Å². The van der Waals surface area contributed by atoms with Crippen LogP contribution in [-0.2, 0) is 30.4 Å². The zero-order valence-electron chi connectivity index (χ0n) is 18.9. The largest absolute Gasteiger partial charge is 0.508 e. The van der Waals surface area contributed by atoms with Crippen molar-refractivity contribution in [1.29, 1.82) is 0 Å². The van der Waals surface area contributed by atoms with Gasteiger partial charge in [-0.1, -0.05) is 12.1 Å². The van der Waals surface area contributed by atoms with Crippen LogP contribution in [0.4, 0.5) is 0 Å². The van der Waals surface area contributed by atoms with E-state index in [1.165, 1.54) is 31.2 Å². The lowest BCUT2D eigenvalue weighted by molar-refractivity contribution is -0.143. The van der Waals surface area contributed by atoms with Crippen LogP contribution in [0.3, 0.4) is 0 Å². The van der Waals surface area contributed by atoms with Crippen LogP contribution < -0.4 is 21.7 Å². The van der Waals surface area contributed by atoms with Crippen molar-refractivity contribution in [1.82, 2.24) is 16.0 Å². The Bertz CT molecular complexity index is 911. The van der Waals surface area contributed by atoms with E-state index < -0.39 is 72.8 Å². The number of carbonyl (C=O) groups excluding carboxylic acids is 3. The average molecular weight is 515 g/mol. The minimum absolute atomic E-state index is 0.0290. The number of carboxylic acids is 2. The van der Waals surface area contributed by atoms with Gasteiger partial charge in [0.05, 0.1) is 12.1 Å². The van der Waals surface area contributed by atoms with E-state index in [9.17, 15) is 39.3 Å². The van der Waals surface area contributed by atoms with Crippen molar-refractivity contribution >= 4 is 42.3 Å². The number of hydrogen-bond acceptors (Lipinski definition) is 9. The summed E-state index contributed by atoms with van der Waals surface area (Å²) < 4.78 is 0. The number of rotatable bonds is 14. The minimum Gasteiger partial charge on any atom is -0.508 e. The Morgan fingerprint density at radius 1 is 0.943 bits per heavy atom. The monoisotopic (exact) mass is 514 g/mol. The van der Waals surface area contributed by atoms with Crippen molar-refractivity contribution in [3.63, 3.8) is 0 Å². The molecule has 1 aromatic carbocycles. The fourth-order valence-electron chi connectivity index (χ4n) is 2.88. The first-order valence-electron chi connectivity index (χ1n) is 10.5. The second-order valence-corrected chi connectivity index (χ2v) is 8.14. The zero-order valence-corrected chi connectivity index (χ0v) is 19.8. The van der Waals surface area contributed by atoms with E-state index in [4.69, 9.17) is 10.8 Å². The number of hydrogen-bond donors (Lipinski definition) is 9. The molecule has 194 valence electrons. The Labute approximate surface area is 206 Å². The molecule has 1 aromatic rings. The topological polar surface area (TPSA) is 228 Å². The Balaban J connectivity index is 3.13. The lowest BCUT2D eigenvalue weighted by Gasteiger charge is -2.26. The number of nitrogens with one attached hydrogen (secondary N) is 3. The van der Waals surface area contributed by atoms with Gasteiger partial charge in [-0.25, -0.2) is 4.79 Å². The number of thiol groups is 1. The number of aliphatic hydroxyl groups excluding tert-OH is 1. The van der Waals surface area contributed by atoms with Gasteiger partial charge in [0.25, 0.3) is 0 Å². The summed E-state index contributed by atoms with van der Waals surface area (Å²) in [5.41, 5.74) is 6.06. The summed E-state index contributed by atoms with van der Waals surface area (Å²) >= 11 is 3.90. The molecule has 0 aliphatic rings. The van der Waals surface area contributed by atoms with Gasteiger partial charge >= 0.3 is 11.9 Å². The highest BCUT2D eigenvalue weighted by Gasteiger charge is 2.32. The van der Waals surface area contributed by atoms with E-state index in [1.807, 2.05) is 0 Å². The van der Waals surface area contributed by atoms with Gasteiger partial charge in [0.15, 0.2) is 0 Å². The van der Waals surface area contributed by atoms with Crippen LogP contribution in [0.2, 0.25) is 0 Å². The third kappa shape index (κ3) is 10.2. The molecule has 35 heavy (non-hydrogen) atoms. The van der Waals surface area contributed by atoms with Crippen molar-refractivity contribution in [3.8, 4) is 5.75 Å². The molecule has 0 saturated carbocycles. The van der Waals surface area contributed by atoms with E-state index in [1.54, 1.807) is 0 Å². The smallest absolute Gasteiger partial charge is 0.326 e. The van der Waals surface area contributed by atoms with Crippen molar-refractivity contribution < 1.29 is 44.4 Å². The van der Waals surface area contributed by atoms with Crippen molar-refractivity contribution in [2.45, 2.75) is 56.5 Å². The van der Waals surface area contributed by atoms with Gasteiger partial charge < -0.3 is 42.1 Å². The highest BCUT2D eigenvalue weighted by Crippen LogP contribution is 2.12. The first-order chi connectivity index (χ1) is 16.3. The molecular weight excluding hydrogens is 484 g/mol. The van der Waals surface area contributed by atoms with E-state index in [2.05, 4.69) is 28.6 Å². The van der Waals surface area contributed by atoms with E-state index in [0.717, 1.165) is 0 Å². The summed E-state index contributed by atoms with van der Waals surface area (Å²) in [7, 11) is 0. The summed E-state index contributed by atoms with van der Waals surface area (Å²) in [4.78, 5) is 60.1. The summed E-state index contributed by atoms with van der Waals surface area (Å²) in [6.07, 6.45) is -2.46. The predicted octanol–water partition coefficient (Wildman–Crippen LogP) is -2.02. The van der Waals surface area contributed by atoms with Crippen LogP contribution >= 0.6 is 12.6 Å². The number of amides is 3. The second-order valence-electron chi connectivity index (χ2n) is 7.78. The maximum Gasteiger partial charge on any atom is 0.326 e. The number of phenolic OH excluding ortho intramolecular Hbond substituents is 1. The molecule has 0 heterocycles. The fraction of sp³-hybridized carbons (Fsp3) is 0.476. The van der Waals surface area contributed by atoms with Gasteiger partial charge in [-0.3, -0.25) is 19.2 Å². The molecule has 0 aliphatic carbocycles. The first-order valence-corrected chi connectivity index (χ1v) is 11.2. The molecule has 5 atom stereocenters. The molecule has 0 spiro atoms. The third-order valence-electron chi connectivity index (χ3n) is 4.87. The SMILES string of the molecule is CC(O)C(NC(=O)C(N)CS)C(=O)NC(Cc1ccc(O)cc1)C(=O)NC(CCC(=O)O)C(=O)O. The van der Waals surface area contributed by atoms with E-state index in [0.29, 0.717) is 5.56 Å². The molecule has 3 amide bonds. The van der Waals surface area contributed by atoms with E-state index in [-0.39, 0.29) is 17.9 Å². The molecule has 0 bridgehead atoms. The Hall–Kier alpha value is -3.36. The number of benzene rings is 1. The normalized spacial score (nSPS) is 15.1. The average Bonchev–Trinajstić information content (AvgIpc) is 2.79. The van der Waals surface area contributed by atoms with Gasteiger partial charge in [-0.05, 0) is 31.0 Å². The van der Waals surface area contributed by atoms with Gasteiger partial charge in [-0.15, -0.1) is 0 Å². The number of nitrogens with two attached hydrogens (primary N) is 1. The molecule has 14 heteroatoms. The third-order valence-corrected chi connectivity index (χ3v) is 5.26. The Morgan fingerprint density at radius 2 is 1.51 bits per heavy atom. The predicted molar refractivity (Wildman–Crippen MR) is 126 cm³/mol. The van der Waals surface area contributed by atoms with Crippen LogP contribution in [0.1, 0.15) is 25.3 Å². The summed E-state index contributed by atoms with van der Waals surface area (Å²) in [5.74, 6) is -5.45. The molecule has 0 fully saturated rings. The molecule has 0 radical (unpaired) electrons. The lowest BCUT2D eigenvalue weighted by atomic mass is 10.0. The lowest BCUT2D eigenvalue weighted by Crippen LogP contribution is -2.60. The summed E-state index contributed by atoms with van der Waals surface area (Å²) in [5, 5.41) is 44.5. The minimum atomic E-state index is -1.54. The van der Waals surface area contributed by atoms with E-state index >= 15 is 0 Å². The Kier molecular flexibility index (Phi) is 12.0. The molecule has 1 rings (SSSR count). The number of aliphatic hydroxyl groups is 1. The number of carbonyl (C=O) groups is 5. The second kappa shape index (κ2) is 14.1. The summed E-state index contributed by atoms with van der Waals surface area (Å²) in [6, 6.07) is 0.155. The maximum atomic E-state index is 12.9. The standard InChI is InChI=1S/C21H30N4O9S/c1-10(26)17(25-18(30)13(22)9-35)20(32)24-15(8-11-2-4-12(27)5-3-11)19(31)23-14(21(33)34)6-7-16(28)29/h2-5,10,13-15,17,26-27,35H,6-9,22H2,1H3,(H,23,31)(H,24,32)(H,25,30)(H,28,29)(H,33,34). The zero-order chi connectivity index (χ0) is 26.7. The maximum absolute atomic E-state index is 12.9. The molecule has 0 saturated heterocycles. The molecular formula is C21H30N4O9S. The molecule has 0 aliphatic heterocycles.